The van der Waals surface area contributed by atoms with Crippen molar-refractivity contribution in [3.8, 4) is 0 Å². The summed E-state index contributed by atoms with van der Waals surface area (Å²) in [4.78, 5) is 6.26. The summed E-state index contributed by atoms with van der Waals surface area (Å²) >= 11 is 6.07. The maximum atomic E-state index is 5.33. The zero-order valence-electron chi connectivity index (χ0n) is 13.3. The highest BCUT2D eigenvalue weighted by Gasteiger charge is 2.29. The highest BCUT2D eigenvalue weighted by molar-refractivity contribution is 8.06. The van der Waals surface area contributed by atoms with Crippen molar-refractivity contribution in [3.63, 3.8) is 0 Å². The average molecular weight is 347 g/mol. The predicted octanol–water partition coefficient (Wildman–Crippen LogP) is 4.09. The minimum Gasteiger partial charge on any atom is -0.378 e. The van der Waals surface area contributed by atoms with Crippen LogP contribution in [-0.2, 0) is 17.9 Å². The Morgan fingerprint density at radius 3 is 2.76 bits per heavy atom. The quantitative estimate of drug-likeness (QED) is 0.804. The van der Waals surface area contributed by atoms with Crippen molar-refractivity contribution < 1.29 is 4.74 Å². The molecule has 1 saturated heterocycles. The van der Waals surface area contributed by atoms with E-state index in [2.05, 4.69) is 49.6 Å². The molecule has 1 fully saturated rings. The van der Waals surface area contributed by atoms with Crippen LogP contribution in [0.3, 0.4) is 0 Å². The van der Waals surface area contributed by atoms with E-state index in [4.69, 9.17) is 9.72 Å². The number of hydrogen-bond donors (Lipinski definition) is 1. The van der Waals surface area contributed by atoms with Crippen LogP contribution in [0.1, 0.15) is 48.0 Å². The lowest BCUT2D eigenvalue weighted by Gasteiger charge is -2.28. The van der Waals surface area contributed by atoms with Crippen LogP contribution in [0.2, 0.25) is 0 Å². The second kappa shape index (κ2) is 8.77. The van der Waals surface area contributed by atoms with Crippen molar-refractivity contribution in [2.24, 2.45) is 0 Å². The van der Waals surface area contributed by atoms with E-state index in [1.165, 1.54) is 27.8 Å². The highest BCUT2D eigenvalue weighted by Crippen LogP contribution is 2.45. The molecule has 1 aromatic heterocycles. The zero-order valence-corrected chi connectivity index (χ0v) is 15.8. The van der Waals surface area contributed by atoms with Gasteiger partial charge in [-0.2, -0.15) is 11.8 Å². The van der Waals surface area contributed by atoms with Crippen molar-refractivity contribution in [1.82, 2.24) is 10.3 Å². The van der Waals surface area contributed by atoms with E-state index in [-0.39, 0.29) is 0 Å². The highest BCUT2D eigenvalue weighted by atomic mass is 32.2. The number of ether oxygens (including phenoxy) is 1. The van der Waals surface area contributed by atoms with Gasteiger partial charge >= 0.3 is 0 Å². The summed E-state index contributed by atoms with van der Waals surface area (Å²) in [7, 11) is 1.75. The van der Waals surface area contributed by atoms with Crippen LogP contribution < -0.4 is 5.32 Å². The number of thioether (sulfide) groups is 2. The number of nitrogens with one attached hydrogen (secondary N) is 1. The number of aromatic nitrogens is 1. The van der Waals surface area contributed by atoms with Gasteiger partial charge in [0.1, 0.15) is 5.01 Å². The van der Waals surface area contributed by atoms with Crippen LogP contribution in [0.4, 0.5) is 0 Å². The fourth-order valence-corrected chi connectivity index (χ4v) is 6.78. The topological polar surface area (TPSA) is 34.1 Å². The first kappa shape index (κ1) is 17.6. The van der Waals surface area contributed by atoms with Gasteiger partial charge in [0.25, 0.3) is 0 Å². The molecule has 21 heavy (non-hydrogen) atoms. The molecule has 0 radical (unpaired) electrons. The summed E-state index contributed by atoms with van der Waals surface area (Å²) in [6, 6.07) is 0.494. The van der Waals surface area contributed by atoms with Gasteiger partial charge in [-0.3, -0.25) is 0 Å². The Balaban J connectivity index is 2.16. The van der Waals surface area contributed by atoms with Crippen molar-refractivity contribution in [1.29, 1.82) is 0 Å². The lowest BCUT2D eigenvalue weighted by atomic mass is 10.2. The normalized spacial score (nSPS) is 22.9. The van der Waals surface area contributed by atoms with Crippen molar-refractivity contribution in [2.45, 2.75) is 56.9 Å². The monoisotopic (exact) mass is 346 g/mol. The molecule has 2 unspecified atom stereocenters. The smallest absolute Gasteiger partial charge is 0.107 e. The summed E-state index contributed by atoms with van der Waals surface area (Å²) in [6.45, 7) is 8.17. The van der Waals surface area contributed by atoms with Crippen LogP contribution in [0.25, 0.3) is 0 Å². The molecule has 1 aliphatic heterocycles. The van der Waals surface area contributed by atoms with Crippen LogP contribution in [0, 0.1) is 0 Å². The van der Waals surface area contributed by atoms with Crippen LogP contribution in [0.15, 0.2) is 0 Å². The summed E-state index contributed by atoms with van der Waals surface area (Å²) in [5, 5.41) is 6.07. The van der Waals surface area contributed by atoms with E-state index in [0.29, 0.717) is 23.1 Å². The third-order valence-electron chi connectivity index (χ3n) is 3.44. The van der Waals surface area contributed by atoms with E-state index < -0.39 is 0 Å². The number of thiazole rings is 1. The molecule has 1 N–H and O–H groups in total. The van der Waals surface area contributed by atoms with E-state index in [0.717, 1.165) is 12.2 Å². The van der Waals surface area contributed by atoms with Crippen molar-refractivity contribution in [2.75, 3.05) is 18.6 Å². The molecule has 120 valence electrons. The minimum absolute atomic E-state index is 0.494. The fraction of sp³-hybridized carbons (Fsp3) is 0.800. The Kier molecular flexibility index (Phi) is 7.35. The van der Waals surface area contributed by atoms with Gasteiger partial charge in [0.15, 0.2) is 0 Å². The first-order valence-corrected chi connectivity index (χ1v) is 10.5. The predicted molar refractivity (Wildman–Crippen MR) is 96.5 cm³/mol. The standard InChI is InChI=1S/C15H26N2OS3/c1-5-12-14(20-7-6-19-12)15-17-11(9-18-4)13(21-15)8-16-10(2)3/h10,12,14,16H,5-9H2,1-4H3. The lowest BCUT2D eigenvalue weighted by molar-refractivity contribution is 0.181. The molecule has 3 nitrogen and oxygen atoms in total. The first-order chi connectivity index (χ1) is 10.2. The van der Waals surface area contributed by atoms with Gasteiger partial charge in [-0.05, 0) is 6.42 Å². The first-order valence-electron chi connectivity index (χ1n) is 7.59. The van der Waals surface area contributed by atoms with Gasteiger partial charge in [0.05, 0.1) is 17.6 Å². The summed E-state index contributed by atoms with van der Waals surface area (Å²) in [6.07, 6.45) is 1.22. The van der Waals surface area contributed by atoms with E-state index in [9.17, 15) is 0 Å². The molecule has 2 atom stereocenters. The molecule has 2 rings (SSSR count). The second-order valence-corrected chi connectivity index (χ2v) is 9.21. The van der Waals surface area contributed by atoms with Gasteiger partial charge in [0, 0.05) is 41.3 Å². The van der Waals surface area contributed by atoms with Gasteiger partial charge in [0.2, 0.25) is 0 Å². The molecular formula is C15H26N2OS3. The Hall–Kier alpha value is 0.250. The third kappa shape index (κ3) is 4.86. The molecule has 0 saturated carbocycles. The summed E-state index contributed by atoms with van der Waals surface area (Å²) in [5.41, 5.74) is 1.12. The molecule has 0 bridgehead atoms. The molecule has 6 heteroatoms. The third-order valence-corrected chi connectivity index (χ3v) is 8.03. The molecule has 1 aliphatic rings. The average Bonchev–Trinajstić information content (AvgIpc) is 2.88. The van der Waals surface area contributed by atoms with Crippen molar-refractivity contribution in [3.05, 3.63) is 15.6 Å². The molecular weight excluding hydrogens is 320 g/mol. The van der Waals surface area contributed by atoms with E-state index in [1.807, 2.05) is 11.3 Å². The number of rotatable bonds is 7. The molecule has 2 heterocycles. The SMILES string of the molecule is CCC1SCCSC1c1nc(COC)c(CNC(C)C)s1. The largest absolute Gasteiger partial charge is 0.378 e. The number of methoxy groups -OCH3 is 1. The molecule has 0 spiro atoms. The molecule has 0 aromatic carbocycles. The van der Waals surface area contributed by atoms with Gasteiger partial charge < -0.3 is 10.1 Å². The number of nitrogens with zero attached hydrogens (tertiary/aromatic N) is 1. The van der Waals surface area contributed by atoms with Crippen LogP contribution >= 0.6 is 34.9 Å². The summed E-state index contributed by atoms with van der Waals surface area (Å²) in [5.74, 6) is 2.52. The van der Waals surface area contributed by atoms with Gasteiger partial charge in [-0.25, -0.2) is 4.98 Å². The maximum absolute atomic E-state index is 5.33. The Morgan fingerprint density at radius 1 is 1.33 bits per heavy atom. The lowest BCUT2D eigenvalue weighted by Crippen LogP contribution is -2.21. The Morgan fingerprint density at radius 2 is 2.10 bits per heavy atom. The molecule has 0 amide bonds. The second-order valence-electron chi connectivity index (χ2n) is 5.50. The minimum atomic E-state index is 0.494. The van der Waals surface area contributed by atoms with Gasteiger partial charge in [-0.15, -0.1) is 23.1 Å². The molecule has 0 aliphatic carbocycles. The van der Waals surface area contributed by atoms with E-state index >= 15 is 0 Å². The van der Waals surface area contributed by atoms with Crippen LogP contribution in [-0.4, -0.2) is 34.9 Å². The van der Waals surface area contributed by atoms with Gasteiger partial charge in [-0.1, -0.05) is 20.8 Å². The van der Waals surface area contributed by atoms with Crippen molar-refractivity contribution >= 4 is 34.9 Å². The number of hydrogen-bond acceptors (Lipinski definition) is 6. The summed E-state index contributed by atoms with van der Waals surface area (Å²) < 4.78 is 5.33. The fourth-order valence-electron chi connectivity index (χ4n) is 2.34. The molecule has 1 aromatic rings. The Labute approximate surface area is 141 Å². The van der Waals surface area contributed by atoms with E-state index in [1.54, 1.807) is 7.11 Å². The van der Waals surface area contributed by atoms with Crippen LogP contribution in [0.5, 0.6) is 0 Å². The Bertz CT molecular complexity index is 437. The zero-order chi connectivity index (χ0) is 15.2. The maximum Gasteiger partial charge on any atom is 0.107 e.